The van der Waals surface area contributed by atoms with Gasteiger partial charge >= 0.3 is 0 Å². The van der Waals surface area contributed by atoms with Gasteiger partial charge in [-0.3, -0.25) is 0 Å². The van der Waals surface area contributed by atoms with Crippen LogP contribution < -0.4 is 0 Å². The van der Waals surface area contributed by atoms with E-state index in [2.05, 4.69) is 16.3 Å². The smallest absolute Gasteiger partial charge is 0.170 e. The molecule has 0 saturated heterocycles. The molecule has 0 aliphatic heterocycles. The topological polar surface area (TPSA) is 46.0 Å². The van der Waals surface area contributed by atoms with Crippen LogP contribution in [0.2, 0.25) is 0 Å². The average Bonchev–Trinajstić information content (AvgIpc) is 2.89. The highest BCUT2D eigenvalue weighted by Crippen LogP contribution is 2.40. The van der Waals surface area contributed by atoms with Gasteiger partial charge in [-0.1, -0.05) is 18.7 Å². The first kappa shape index (κ1) is 10.4. The summed E-state index contributed by atoms with van der Waals surface area (Å²) in [7, 11) is 0. The van der Waals surface area contributed by atoms with Gasteiger partial charge < -0.3 is 5.11 Å². The number of aliphatic hydroxyl groups is 1. The van der Waals surface area contributed by atoms with Crippen LogP contribution in [0.4, 0.5) is 0 Å². The van der Waals surface area contributed by atoms with Gasteiger partial charge in [0.15, 0.2) is 4.34 Å². The second-order valence-electron chi connectivity index (χ2n) is 3.63. The lowest BCUT2D eigenvalue weighted by Gasteiger charge is -2.04. The van der Waals surface area contributed by atoms with Gasteiger partial charge in [0.25, 0.3) is 0 Å². The van der Waals surface area contributed by atoms with Crippen molar-refractivity contribution in [1.29, 1.82) is 0 Å². The standard InChI is InChI=1S/C9H14N2OS2/c1-6(4-5-12)13-9-10-8(11-14-9)7-2-3-7/h6-7,12H,2-5H2,1H3. The lowest BCUT2D eigenvalue weighted by molar-refractivity contribution is 0.289. The Balaban J connectivity index is 1.88. The van der Waals surface area contributed by atoms with Crippen molar-refractivity contribution in [3.05, 3.63) is 5.82 Å². The number of hydrogen-bond acceptors (Lipinski definition) is 5. The van der Waals surface area contributed by atoms with Crippen molar-refractivity contribution in [3.8, 4) is 0 Å². The van der Waals surface area contributed by atoms with E-state index in [9.17, 15) is 0 Å². The van der Waals surface area contributed by atoms with Crippen molar-refractivity contribution in [3.63, 3.8) is 0 Å². The Morgan fingerprint density at radius 2 is 2.43 bits per heavy atom. The van der Waals surface area contributed by atoms with E-state index in [-0.39, 0.29) is 6.61 Å². The predicted octanol–water partition coefficient (Wildman–Crippen LogP) is 2.28. The van der Waals surface area contributed by atoms with E-state index in [0.29, 0.717) is 11.2 Å². The fraction of sp³-hybridized carbons (Fsp3) is 0.778. The quantitative estimate of drug-likeness (QED) is 0.788. The molecule has 1 atom stereocenters. The molecule has 5 heteroatoms. The molecule has 14 heavy (non-hydrogen) atoms. The molecule has 0 radical (unpaired) electrons. The zero-order chi connectivity index (χ0) is 9.97. The minimum absolute atomic E-state index is 0.252. The van der Waals surface area contributed by atoms with Gasteiger partial charge in [-0.15, -0.1) is 0 Å². The minimum atomic E-state index is 0.252. The molecule has 78 valence electrons. The van der Waals surface area contributed by atoms with Crippen LogP contribution in [0.3, 0.4) is 0 Å². The molecular formula is C9H14N2OS2. The Morgan fingerprint density at radius 3 is 3.07 bits per heavy atom. The molecule has 1 aromatic rings. The van der Waals surface area contributed by atoms with Crippen molar-refractivity contribution < 1.29 is 5.11 Å². The summed E-state index contributed by atoms with van der Waals surface area (Å²) in [6.45, 7) is 2.36. The summed E-state index contributed by atoms with van der Waals surface area (Å²) in [5.74, 6) is 1.68. The second-order valence-corrected chi connectivity index (χ2v) is 6.07. The van der Waals surface area contributed by atoms with Crippen molar-refractivity contribution in [2.75, 3.05) is 6.61 Å². The highest BCUT2D eigenvalue weighted by atomic mass is 32.2. The zero-order valence-corrected chi connectivity index (χ0v) is 9.77. The lowest BCUT2D eigenvalue weighted by atomic mass is 10.4. The molecule has 1 aliphatic rings. The van der Waals surface area contributed by atoms with Gasteiger partial charge in [-0.2, -0.15) is 4.37 Å². The first-order valence-corrected chi connectivity index (χ1v) is 6.56. The summed E-state index contributed by atoms with van der Waals surface area (Å²) in [5, 5.41) is 9.20. The third kappa shape index (κ3) is 2.68. The van der Waals surface area contributed by atoms with Gasteiger partial charge in [0, 0.05) is 17.8 Å². The van der Waals surface area contributed by atoms with Crippen LogP contribution in [-0.2, 0) is 0 Å². The van der Waals surface area contributed by atoms with Gasteiger partial charge in [-0.05, 0) is 30.8 Å². The van der Waals surface area contributed by atoms with Crippen molar-refractivity contribution in [2.45, 2.75) is 41.7 Å². The van der Waals surface area contributed by atoms with Crippen LogP contribution in [0.25, 0.3) is 0 Å². The summed E-state index contributed by atoms with van der Waals surface area (Å²) < 4.78 is 5.39. The minimum Gasteiger partial charge on any atom is -0.396 e. The maximum Gasteiger partial charge on any atom is 0.170 e. The Hall–Kier alpha value is -0.130. The molecule has 1 unspecified atom stereocenters. The third-order valence-electron chi connectivity index (χ3n) is 2.20. The summed E-state index contributed by atoms with van der Waals surface area (Å²) in [6.07, 6.45) is 3.34. The van der Waals surface area contributed by atoms with E-state index in [0.717, 1.165) is 16.6 Å². The number of hydrogen-bond donors (Lipinski definition) is 1. The van der Waals surface area contributed by atoms with Crippen LogP contribution >= 0.6 is 23.3 Å². The van der Waals surface area contributed by atoms with Crippen LogP contribution in [0.5, 0.6) is 0 Å². The summed E-state index contributed by atoms with van der Waals surface area (Å²) in [5.41, 5.74) is 0. The number of rotatable bonds is 5. The van der Waals surface area contributed by atoms with E-state index in [1.807, 2.05) is 0 Å². The molecule has 1 saturated carbocycles. The summed E-state index contributed by atoms with van der Waals surface area (Å²) >= 11 is 3.21. The normalized spacial score (nSPS) is 18.4. The summed E-state index contributed by atoms with van der Waals surface area (Å²) in [6, 6.07) is 0. The molecule has 0 spiro atoms. The van der Waals surface area contributed by atoms with E-state index >= 15 is 0 Å². The number of thioether (sulfide) groups is 1. The first-order chi connectivity index (χ1) is 6.79. The van der Waals surface area contributed by atoms with E-state index in [4.69, 9.17) is 5.11 Å². The van der Waals surface area contributed by atoms with E-state index < -0.39 is 0 Å². The molecule has 1 N–H and O–H groups in total. The maximum atomic E-state index is 8.77. The largest absolute Gasteiger partial charge is 0.396 e. The monoisotopic (exact) mass is 230 g/mol. The lowest BCUT2D eigenvalue weighted by Crippen LogP contribution is -1.98. The Labute approximate surface area is 92.1 Å². The third-order valence-corrected chi connectivity index (χ3v) is 4.17. The van der Waals surface area contributed by atoms with E-state index in [1.165, 1.54) is 24.4 Å². The van der Waals surface area contributed by atoms with Crippen LogP contribution in [0, 0.1) is 0 Å². The van der Waals surface area contributed by atoms with Crippen molar-refractivity contribution >= 4 is 23.3 Å². The van der Waals surface area contributed by atoms with Crippen LogP contribution in [0.15, 0.2) is 4.34 Å². The second kappa shape index (κ2) is 4.59. The van der Waals surface area contributed by atoms with Crippen LogP contribution in [0.1, 0.15) is 37.9 Å². The zero-order valence-electron chi connectivity index (χ0n) is 8.14. The highest BCUT2D eigenvalue weighted by Gasteiger charge is 2.27. The molecule has 0 bridgehead atoms. The Morgan fingerprint density at radius 1 is 1.64 bits per heavy atom. The van der Waals surface area contributed by atoms with E-state index in [1.54, 1.807) is 11.8 Å². The molecule has 0 amide bonds. The Bertz CT molecular complexity index is 299. The molecule has 2 rings (SSSR count). The number of nitrogens with zero attached hydrogens (tertiary/aromatic N) is 2. The summed E-state index contributed by atoms with van der Waals surface area (Å²) in [4.78, 5) is 4.48. The van der Waals surface area contributed by atoms with Crippen molar-refractivity contribution in [1.82, 2.24) is 9.36 Å². The van der Waals surface area contributed by atoms with Crippen molar-refractivity contribution in [2.24, 2.45) is 0 Å². The van der Waals surface area contributed by atoms with Gasteiger partial charge in [0.05, 0.1) is 0 Å². The molecule has 0 aromatic carbocycles. The first-order valence-electron chi connectivity index (χ1n) is 4.90. The number of aliphatic hydroxyl groups excluding tert-OH is 1. The number of aromatic nitrogens is 2. The fourth-order valence-corrected chi connectivity index (χ4v) is 3.17. The SMILES string of the molecule is CC(CCO)Sc1nc(C2CC2)ns1. The predicted molar refractivity (Wildman–Crippen MR) is 58.9 cm³/mol. The van der Waals surface area contributed by atoms with Crippen LogP contribution in [-0.4, -0.2) is 26.3 Å². The molecule has 1 aliphatic carbocycles. The highest BCUT2D eigenvalue weighted by molar-refractivity contribution is 8.01. The molecule has 1 heterocycles. The Kier molecular flexibility index (Phi) is 3.41. The molecule has 1 aromatic heterocycles. The maximum absolute atomic E-state index is 8.77. The molecule has 1 fully saturated rings. The molecular weight excluding hydrogens is 216 g/mol. The fourth-order valence-electron chi connectivity index (χ4n) is 1.19. The van der Waals surface area contributed by atoms with Gasteiger partial charge in [0.2, 0.25) is 0 Å². The van der Waals surface area contributed by atoms with Gasteiger partial charge in [0.1, 0.15) is 5.82 Å². The van der Waals surface area contributed by atoms with Gasteiger partial charge in [-0.25, -0.2) is 4.98 Å². The average molecular weight is 230 g/mol. The molecule has 3 nitrogen and oxygen atoms in total.